The minimum absolute atomic E-state index is 0.0971. The lowest BCUT2D eigenvalue weighted by Gasteiger charge is -2.36. The third kappa shape index (κ3) is 3.82. The summed E-state index contributed by atoms with van der Waals surface area (Å²) in [5.41, 5.74) is 11.6. The zero-order valence-electron chi connectivity index (χ0n) is 11.4. The van der Waals surface area contributed by atoms with Crippen molar-refractivity contribution in [1.82, 2.24) is 4.98 Å². The zero-order valence-corrected chi connectivity index (χ0v) is 11.4. The van der Waals surface area contributed by atoms with Crippen LogP contribution in [0.2, 0.25) is 0 Å². The first-order valence-corrected chi connectivity index (χ1v) is 6.45. The van der Waals surface area contributed by atoms with E-state index >= 15 is 0 Å². The molecule has 0 aromatic carbocycles. The summed E-state index contributed by atoms with van der Waals surface area (Å²) in [6.45, 7) is 6.35. The molecule has 0 radical (unpaired) electrons. The zero-order chi connectivity index (χ0) is 13.8. The molecule has 0 aliphatic carbocycles. The second kappa shape index (κ2) is 5.88. The van der Waals surface area contributed by atoms with Crippen molar-refractivity contribution in [3.8, 4) is 0 Å². The third-order valence-corrected chi connectivity index (χ3v) is 3.00. The van der Waals surface area contributed by atoms with Crippen molar-refractivity contribution < 1.29 is 4.74 Å². The fourth-order valence-corrected chi connectivity index (χ4v) is 2.24. The summed E-state index contributed by atoms with van der Waals surface area (Å²) in [7, 11) is 0. The van der Waals surface area contributed by atoms with Crippen molar-refractivity contribution in [2.75, 3.05) is 18.0 Å². The number of anilines is 1. The Morgan fingerprint density at radius 1 is 1.37 bits per heavy atom. The van der Waals surface area contributed by atoms with Gasteiger partial charge in [0.15, 0.2) is 5.96 Å². The Labute approximate surface area is 113 Å². The van der Waals surface area contributed by atoms with Crippen LogP contribution in [0.25, 0.3) is 0 Å². The normalized spacial score (nSPS) is 23.2. The summed E-state index contributed by atoms with van der Waals surface area (Å²) in [5, 5.41) is 0. The number of morpholine rings is 1. The molecule has 1 saturated heterocycles. The van der Waals surface area contributed by atoms with Crippen LogP contribution in [-0.4, -0.2) is 36.2 Å². The quantitative estimate of drug-likeness (QED) is 0.611. The molecule has 19 heavy (non-hydrogen) atoms. The predicted molar refractivity (Wildman–Crippen MR) is 76.0 cm³/mol. The first kappa shape index (κ1) is 13.6. The van der Waals surface area contributed by atoms with Gasteiger partial charge in [0.2, 0.25) is 0 Å². The highest BCUT2D eigenvalue weighted by Gasteiger charge is 2.22. The number of aliphatic imine (C=N–C) groups is 1. The van der Waals surface area contributed by atoms with E-state index in [-0.39, 0.29) is 18.2 Å². The van der Waals surface area contributed by atoms with E-state index in [2.05, 4.69) is 28.7 Å². The van der Waals surface area contributed by atoms with Crippen LogP contribution >= 0.6 is 0 Å². The molecule has 1 aliphatic heterocycles. The van der Waals surface area contributed by atoms with E-state index in [1.165, 1.54) is 0 Å². The van der Waals surface area contributed by atoms with E-state index in [0.29, 0.717) is 6.54 Å². The van der Waals surface area contributed by atoms with Crippen LogP contribution in [0.4, 0.5) is 5.82 Å². The fraction of sp³-hybridized carbons (Fsp3) is 0.538. The highest BCUT2D eigenvalue weighted by atomic mass is 16.5. The van der Waals surface area contributed by atoms with Crippen LogP contribution in [0.1, 0.15) is 19.4 Å². The van der Waals surface area contributed by atoms with Gasteiger partial charge in [-0.25, -0.2) is 9.98 Å². The van der Waals surface area contributed by atoms with E-state index in [9.17, 15) is 0 Å². The predicted octanol–water partition coefficient (Wildman–Crippen LogP) is 0.469. The van der Waals surface area contributed by atoms with Crippen molar-refractivity contribution in [3.63, 3.8) is 0 Å². The van der Waals surface area contributed by atoms with Crippen molar-refractivity contribution in [1.29, 1.82) is 0 Å². The molecule has 2 atom stereocenters. The van der Waals surface area contributed by atoms with Gasteiger partial charge in [0.1, 0.15) is 5.82 Å². The Hall–Kier alpha value is -1.82. The summed E-state index contributed by atoms with van der Waals surface area (Å²) in [4.78, 5) is 10.7. The van der Waals surface area contributed by atoms with Crippen LogP contribution < -0.4 is 16.4 Å². The van der Waals surface area contributed by atoms with E-state index in [4.69, 9.17) is 16.2 Å². The van der Waals surface area contributed by atoms with Crippen LogP contribution in [0.5, 0.6) is 0 Å². The Bertz CT molecular complexity index is 431. The van der Waals surface area contributed by atoms with Crippen molar-refractivity contribution in [3.05, 3.63) is 23.9 Å². The number of aromatic nitrogens is 1. The molecule has 1 fully saturated rings. The Morgan fingerprint density at radius 3 is 2.58 bits per heavy atom. The molecule has 1 aromatic heterocycles. The lowest BCUT2D eigenvalue weighted by molar-refractivity contribution is -0.00545. The number of nitrogens with zero attached hydrogens (tertiary/aromatic N) is 3. The summed E-state index contributed by atoms with van der Waals surface area (Å²) in [6.07, 6.45) is 2.27. The van der Waals surface area contributed by atoms with Gasteiger partial charge in [-0.3, -0.25) is 0 Å². The molecule has 0 amide bonds. The van der Waals surface area contributed by atoms with E-state index in [1.54, 1.807) is 0 Å². The molecule has 6 nitrogen and oxygen atoms in total. The topological polar surface area (TPSA) is 89.8 Å². The standard InChI is InChI=1S/C13H21N5O/c1-9-7-18(8-10(2)19-9)12-4-3-11(5-16-12)6-17-13(14)15/h3-5,9-10H,6-8H2,1-2H3,(H4,14,15,17). The Kier molecular flexibility index (Phi) is 4.21. The van der Waals surface area contributed by atoms with Gasteiger partial charge in [-0.15, -0.1) is 0 Å². The highest BCUT2D eigenvalue weighted by Crippen LogP contribution is 2.18. The van der Waals surface area contributed by atoms with E-state index in [0.717, 1.165) is 24.5 Å². The molecule has 1 aromatic rings. The van der Waals surface area contributed by atoms with E-state index < -0.39 is 0 Å². The summed E-state index contributed by atoms with van der Waals surface area (Å²) >= 11 is 0. The van der Waals surface area contributed by atoms with Crippen LogP contribution in [0, 0.1) is 0 Å². The fourth-order valence-electron chi connectivity index (χ4n) is 2.24. The van der Waals surface area contributed by atoms with Gasteiger partial charge in [-0.2, -0.15) is 0 Å². The molecule has 104 valence electrons. The Morgan fingerprint density at radius 2 is 2.05 bits per heavy atom. The molecule has 0 spiro atoms. The second-order valence-corrected chi connectivity index (χ2v) is 4.93. The van der Waals surface area contributed by atoms with Gasteiger partial charge in [0, 0.05) is 19.3 Å². The van der Waals surface area contributed by atoms with Crippen LogP contribution in [-0.2, 0) is 11.3 Å². The van der Waals surface area contributed by atoms with Crippen LogP contribution in [0.15, 0.2) is 23.3 Å². The van der Waals surface area contributed by atoms with Gasteiger partial charge in [-0.1, -0.05) is 6.07 Å². The van der Waals surface area contributed by atoms with Crippen molar-refractivity contribution in [2.45, 2.75) is 32.6 Å². The van der Waals surface area contributed by atoms with Gasteiger partial charge in [0.05, 0.1) is 18.8 Å². The van der Waals surface area contributed by atoms with E-state index in [1.807, 2.05) is 18.3 Å². The molecule has 2 unspecified atom stereocenters. The first-order chi connectivity index (χ1) is 9.04. The minimum Gasteiger partial charge on any atom is -0.372 e. The Balaban J connectivity index is 2.03. The number of nitrogens with two attached hydrogens (primary N) is 2. The summed E-state index contributed by atoms with van der Waals surface area (Å²) in [5.74, 6) is 1.07. The van der Waals surface area contributed by atoms with Gasteiger partial charge in [-0.05, 0) is 25.5 Å². The molecule has 0 bridgehead atoms. The number of rotatable bonds is 3. The monoisotopic (exact) mass is 263 g/mol. The number of ether oxygens (including phenoxy) is 1. The van der Waals surface area contributed by atoms with Crippen molar-refractivity contribution in [2.24, 2.45) is 16.5 Å². The average molecular weight is 263 g/mol. The molecular weight excluding hydrogens is 242 g/mol. The average Bonchev–Trinajstić information content (AvgIpc) is 2.36. The van der Waals surface area contributed by atoms with Gasteiger partial charge < -0.3 is 21.1 Å². The molecule has 0 saturated carbocycles. The summed E-state index contributed by atoms with van der Waals surface area (Å²) < 4.78 is 5.71. The molecule has 2 rings (SSSR count). The maximum atomic E-state index is 5.71. The first-order valence-electron chi connectivity index (χ1n) is 6.45. The largest absolute Gasteiger partial charge is 0.372 e. The molecular formula is C13H21N5O. The smallest absolute Gasteiger partial charge is 0.186 e. The molecule has 4 N–H and O–H groups in total. The number of hydrogen-bond acceptors (Lipinski definition) is 4. The number of pyridine rings is 1. The maximum Gasteiger partial charge on any atom is 0.186 e. The lowest BCUT2D eigenvalue weighted by atomic mass is 10.2. The van der Waals surface area contributed by atoms with Crippen LogP contribution in [0.3, 0.4) is 0 Å². The summed E-state index contributed by atoms with van der Waals surface area (Å²) in [6, 6.07) is 4.00. The number of guanidine groups is 1. The molecule has 6 heteroatoms. The van der Waals surface area contributed by atoms with Gasteiger partial charge >= 0.3 is 0 Å². The minimum atomic E-state index is 0.0971. The molecule has 1 aliphatic rings. The SMILES string of the molecule is CC1CN(c2ccc(CN=C(N)N)cn2)CC(C)O1. The van der Waals surface area contributed by atoms with Gasteiger partial charge in [0.25, 0.3) is 0 Å². The second-order valence-electron chi connectivity index (χ2n) is 4.93. The number of hydrogen-bond donors (Lipinski definition) is 2. The highest BCUT2D eigenvalue weighted by molar-refractivity contribution is 5.75. The molecule has 2 heterocycles. The third-order valence-electron chi connectivity index (χ3n) is 3.00. The van der Waals surface area contributed by atoms with Crippen molar-refractivity contribution >= 4 is 11.8 Å². The lowest BCUT2D eigenvalue weighted by Crippen LogP contribution is -2.45. The maximum absolute atomic E-state index is 5.71.